The zero-order valence-electron chi connectivity index (χ0n) is 17.1. The first kappa shape index (κ1) is 22.9. The van der Waals surface area contributed by atoms with Gasteiger partial charge in [-0.2, -0.15) is 0 Å². The van der Waals surface area contributed by atoms with Crippen molar-refractivity contribution in [1.29, 1.82) is 0 Å². The highest BCUT2D eigenvalue weighted by Gasteiger charge is 2.18. The topological polar surface area (TPSA) is 102 Å². The summed E-state index contributed by atoms with van der Waals surface area (Å²) in [6.07, 6.45) is 0. The van der Waals surface area contributed by atoms with Crippen molar-refractivity contribution in [3.8, 4) is 0 Å². The number of hydrogen-bond acceptors (Lipinski definition) is 5. The highest BCUT2D eigenvalue weighted by Crippen LogP contribution is 2.19. The minimum absolute atomic E-state index is 0.209. The molecule has 0 aliphatic heterocycles. The van der Waals surface area contributed by atoms with E-state index >= 15 is 0 Å². The Morgan fingerprint density at radius 3 is 2.19 bits per heavy atom. The summed E-state index contributed by atoms with van der Waals surface area (Å²) in [6, 6.07) is 19.6. The number of halogens is 1. The van der Waals surface area contributed by atoms with E-state index in [0.717, 1.165) is 4.47 Å². The normalized spacial score (nSPS) is 10.2. The van der Waals surface area contributed by atoms with Crippen LogP contribution in [0.4, 0.5) is 5.69 Å². The Morgan fingerprint density at radius 1 is 0.812 bits per heavy atom. The van der Waals surface area contributed by atoms with E-state index in [0.29, 0.717) is 11.3 Å². The molecule has 0 spiro atoms. The Kier molecular flexibility index (Phi) is 7.51. The molecule has 3 rings (SSSR count). The second-order valence-electron chi connectivity index (χ2n) is 6.68. The van der Waals surface area contributed by atoms with Gasteiger partial charge in [-0.1, -0.05) is 40.2 Å². The smallest absolute Gasteiger partial charge is 0.325 e. The van der Waals surface area contributed by atoms with Gasteiger partial charge in [-0.05, 0) is 48.5 Å². The number of rotatable bonds is 7. The summed E-state index contributed by atoms with van der Waals surface area (Å²) in [4.78, 5) is 49.3. The van der Waals surface area contributed by atoms with Crippen LogP contribution in [0.3, 0.4) is 0 Å². The highest BCUT2D eigenvalue weighted by atomic mass is 79.9. The molecular weight excluding hydrogens is 476 g/mol. The van der Waals surface area contributed by atoms with Gasteiger partial charge in [-0.3, -0.25) is 19.2 Å². The average Bonchev–Trinajstić information content (AvgIpc) is 2.82. The number of ether oxygens (including phenoxy) is 1. The number of carbonyl (C=O) groups is 4. The van der Waals surface area contributed by atoms with E-state index in [9.17, 15) is 19.2 Å². The Bertz CT molecular complexity index is 1180. The molecule has 7 nitrogen and oxygen atoms in total. The molecule has 2 N–H and O–H groups in total. The number of nitrogens with one attached hydrogen (secondary N) is 2. The third-order valence-corrected chi connectivity index (χ3v) is 5.05. The van der Waals surface area contributed by atoms with Crippen molar-refractivity contribution in [3.63, 3.8) is 0 Å². The Balaban J connectivity index is 1.78. The van der Waals surface area contributed by atoms with Crippen molar-refractivity contribution in [2.24, 2.45) is 0 Å². The van der Waals surface area contributed by atoms with Crippen molar-refractivity contribution in [3.05, 3.63) is 99.5 Å². The summed E-state index contributed by atoms with van der Waals surface area (Å²) < 4.78 is 5.33. The summed E-state index contributed by atoms with van der Waals surface area (Å²) in [5.74, 6) is -1.83. The van der Waals surface area contributed by atoms with Gasteiger partial charge < -0.3 is 15.4 Å². The van der Waals surface area contributed by atoms with Crippen molar-refractivity contribution in [2.45, 2.75) is 0 Å². The zero-order chi connectivity index (χ0) is 23.1. The van der Waals surface area contributed by atoms with Crippen LogP contribution in [0.2, 0.25) is 0 Å². The van der Waals surface area contributed by atoms with Gasteiger partial charge in [0.1, 0.15) is 6.54 Å². The van der Waals surface area contributed by atoms with E-state index in [1.165, 1.54) is 13.2 Å². The minimum Gasteiger partial charge on any atom is -0.468 e. The predicted molar refractivity (Wildman–Crippen MR) is 123 cm³/mol. The third-order valence-electron chi connectivity index (χ3n) is 4.53. The summed E-state index contributed by atoms with van der Waals surface area (Å²) in [5.41, 5.74) is 1.55. The number of carbonyl (C=O) groups excluding carboxylic acids is 4. The summed E-state index contributed by atoms with van der Waals surface area (Å²) in [5, 5.41) is 5.15. The fraction of sp³-hybridized carbons (Fsp3) is 0.0833. The Hall–Kier alpha value is -3.78. The summed E-state index contributed by atoms with van der Waals surface area (Å²) in [7, 11) is 1.23. The molecule has 0 unspecified atom stereocenters. The SMILES string of the molecule is COC(=O)CNC(=O)c1cccc(NC(=O)c2ccccc2C(=O)c2ccc(Br)cc2)c1. The van der Waals surface area contributed by atoms with E-state index in [1.54, 1.807) is 66.7 Å². The monoisotopic (exact) mass is 494 g/mol. The van der Waals surface area contributed by atoms with E-state index in [4.69, 9.17) is 0 Å². The van der Waals surface area contributed by atoms with Gasteiger partial charge in [0, 0.05) is 26.9 Å². The van der Waals surface area contributed by atoms with Gasteiger partial charge in [-0.25, -0.2) is 0 Å². The molecule has 162 valence electrons. The van der Waals surface area contributed by atoms with E-state index < -0.39 is 17.8 Å². The van der Waals surface area contributed by atoms with Crippen molar-refractivity contribution >= 4 is 45.2 Å². The number of benzene rings is 3. The lowest BCUT2D eigenvalue weighted by Gasteiger charge is -2.11. The van der Waals surface area contributed by atoms with Crippen LogP contribution in [0, 0.1) is 0 Å². The predicted octanol–water partition coefficient (Wildman–Crippen LogP) is 3.84. The van der Waals surface area contributed by atoms with Crippen molar-refractivity contribution in [1.82, 2.24) is 5.32 Å². The highest BCUT2D eigenvalue weighted by molar-refractivity contribution is 9.10. The molecule has 0 saturated heterocycles. The van der Waals surface area contributed by atoms with Gasteiger partial charge >= 0.3 is 5.97 Å². The molecule has 8 heteroatoms. The molecule has 0 fully saturated rings. The fourth-order valence-corrected chi connectivity index (χ4v) is 3.16. The van der Waals surface area contributed by atoms with Crippen molar-refractivity contribution < 1.29 is 23.9 Å². The number of esters is 1. The molecule has 0 aliphatic rings. The van der Waals surface area contributed by atoms with Crippen LogP contribution in [0.25, 0.3) is 0 Å². The molecular formula is C24H19BrN2O5. The second-order valence-corrected chi connectivity index (χ2v) is 7.59. The quantitative estimate of drug-likeness (QED) is 0.383. The molecule has 0 aliphatic carbocycles. The van der Waals surface area contributed by atoms with E-state index in [1.807, 2.05) is 0 Å². The number of ketones is 1. The maximum Gasteiger partial charge on any atom is 0.325 e. The number of hydrogen-bond donors (Lipinski definition) is 2. The first-order valence-electron chi connectivity index (χ1n) is 9.55. The van der Waals surface area contributed by atoms with Gasteiger partial charge in [0.25, 0.3) is 11.8 Å². The molecule has 2 amide bonds. The van der Waals surface area contributed by atoms with Crippen LogP contribution in [0.5, 0.6) is 0 Å². The lowest BCUT2D eigenvalue weighted by molar-refractivity contribution is -0.139. The summed E-state index contributed by atoms with van der Waals surface area (Å²) >= 11 is 3.34. The van der Waals surface area contributed by atoms with Gasteiger partial charge in [-0.15, -0.1) is 0 Å². The maximum absolute atomic E-state index is 12.9. The molecule has 0 bridgehead atoms. The van der Waals surface area contributed by atoms with Crippen molar-refractivity contribution in [2.75, 3.05) is 19.0 Å². The molecule has 32 heavy (non-hydrogen) atoms. The fourth-order valence-electron chi connectivity index (χ4n) is 2.90. The first-order chi connectivity index (χ1) is 15.4. The van der Waals surface area contributed by atoms with Crippen LogP contribution < -0.4 is 10.6 Å². The molecule has 0 radical (unpaired) electrons. The van der Waals surface area contributed by atoms with E-state index in [2.05, 4.69) is 31.3 Å². The van der Waals surface area contributed by atoms with Crippen LogP contribution in [-0.2, 0) is 9.53 Å². The van der Waals surface area contributed by atoms with Crippen LogP contribution in [0.15, 0.2) is 77.3 Å². The Morgan fingerprint density at radius 2 is 1.50 bits per heavy atom. The van der Waals surface area contributed by atoms with E-state index in [-0.39, 0.29) is 29.0 Å². The third kappa shape index (κ3) is 5.67. The molecule has 0 heterocycles. The van der Waals surface area contributed by atoms with Crippen LogP contribution >= 0.6 is 15.9 Å². The average molecular weight is 495 g/mol. The number of anilines is 1. The molecule has 3 aromatic rings. The van der Waals surface area contributed by atoms with Gasteiger partial charge in [0.05, 0.1) is 12.7 Å². The summed E-state index contributed by atoms with van der Waals surface area (Å²) in [6.45, 7) is -0.266. The number of amides is 2. The first-order valence-corrected chi connectivity index (χ1v) is 10.3. The lowest BCUT2D eigenvalue weighted by Crippen LogP contribution is -2.30. The molecule has 0 saturated carbocycles. The largest absolute Gasteiger partial charge is 0.468 e. The second kappa shape index (κ2) is 10.5. The standard InChI is InChI=1S/C24H19BrN2O5/c1-32-21(28)14-26-23(30)16-5-4-6-18(13-16)27-24(31)20-8-3-2-7-19(20)22(29)15-9-11-17(25)12-10-15/h2-13H,14H2,1H3,(H,26,30)(H,27,31). The minimum atomic E-state index is -0.574. The van der Waals surface area contributed by atoms with Gasteiger partial charge in [0.15, 0.2) is 5.78 Å². The van der Waals surface area contributed by atoms with Gasteiger partial charge in [0.2, 0.25) is 0 Å². The Labute approximate surface area is 192 Å². The molecule has 0 atom stereocenters. The maximum atomic E-state index is 12.9. The lowest BCUT2D eigenvalue weighted by atomic mass is 9.98. The van der Waals surface area contributed by atoms with Crippen LogP contribution in [0.1, 0.15) is 36.6 Å². The molecule has 3 aromatic carbocycles. The zero-order valence-corrected chi connectivity index (χ0v) is 18.6. The van der Waals surface area contributed by atoms with Crippen LogP contribution in [-0.4, -0.2) is 37.2 Å². The molecule has 0 aromatic heterocycles. The number of methoxy groups -OCH3 is 1.